The van der Waals surface area contributed by atoms with E-state index in [0.29, 0.717) is 19.1 Å². The Morgan fingerprint density at radius 3 is 2.76 bits per heavy atom. The predicted molar refractivity (Wildman–Crippen MR) is 65.7 cm³/mol. The fourth-order valence-corrected chi connectivity index (χ4v) is 2.72. The van der Waals surface area contributed by atoms with Crippen molar-refractivity contribution in [1.82, 2.24) is 10.6 Å². The molecule has 1 aliphatic heterocycles. The van der Waals surface area contributed by atoms with Crippen LogP contribution < -0.4 is 16.4 Å². The van der Waals surface area contributed by atoms with Crippen molar-refractivity contribution in [3.63, 3.8) is 0 Å². The van der Waals surface area contributed by atoms with Crippen LogP contribution in [0.1, 0.15) is 32.1 Å². The average molecular weight is 241 g/mol. The third-order valence-corrected chi connectivity index (χ3v) is 3.79. The quantitative estimate of drug-likeness (QED) is 0.677. The highest BCUT2D eigenvalue weighted by Crippen LogP contribution is 2.23. The Kier molecular flexibility index (Phi) is 4.62. The summed E-state index contributed by atoms with van der Waals surface area (Å²) in [5, 5.41) is 6.02. The maximum atomic E-state index is 11.8. The van der Waals surface area contributed by atoms with Gasteiger partial charge in [-0.3, -0.25) is 0 Å². The normalized spacial score (nSPS) is 33.4. The molecule has 4 N–H and O–H groups in total. The minimum Gasteiger partial charge on any atom is -0.379 e. The topological polar surface area (TPSA) is 76.4 Å². The summed E-state index contributed by atoms with van der Waals surface area (Å²) < 4.78 is 5.23. The lowest BCUT2D eigenvalue weighted by Gasteiger charge is -2.31. The van der Waals surface area contributed by atoms with Crippen LogP contribution in [0.15, 0.2) is 0 Å². The summed E-state index contributed by atoms with van der Waals surface area (Å²) in [7, 11) is 0. The van der Waals surface area contributed by atoms with E-state index in [1.165, 1.54) is 12.8 Å². The Bertz CT molecular complexity index is 254. The Hall–Kier alpha value is -0.810. The monoisotopic (exact) mass is 241 g/mol. The smallest absolute Gasteiger partial charge is 0.315 e. The van der Waals surface area contributed by atoms with Gasteiger partial charge in [-0.25, -0.2) is 4.79 Å². The summed E-state index contributed by atoms with van der Waals surface area (Å²) in [4.78, 5) is 11.8. The Balaban J connectivity index is 1.75. The number of ether oxygens (including phenoxy) is 1. The van der Waals surface area contributed by atoms with E-state index in [2.05, 4.69) is 10.6 Å². The zero-order valence-electron chi connectivity index (χ0n) is 10.3. The third-order valence-electron chi connectivity index (χ3n) is 3.79. The molecule has 98 valence electrons. The molecule has 5 heteroatoms. The molecule has 2 rings (SSSR count). The van der Waals surface area contributed by atoms with Gasteiger partial charge in [0.1, 0.15) is 0 Å². The lowest BCUT2D eigenvalue weighted by atomic mass is 9.84. The van der Waals surface area contributed by atoms with Crippen molar-refractivity contribution >= 4 is 6.03 Å². The second-order valence-corrected chi connectivity index (χ2v) is 5.07. The molecule has 5 nitrogen and oxygen atoms in total. The molecule has 2 amide bonds. The molecule has 1 heterocycles. The molecule has 2 fully saturated rings. The minimum absolute atomic E-state index is 0.0640. The highest BCUT2D eigenvalue weighted by molar-refractivity contribution is 5.74. The average Bonchev–Trinajstić information content (AvgIpc) is 2.82. The van der Waals surface area contributed by atoms with Crippen LogP contribution in [0.4, 0.5) is 4.79 Å². The highest BCUT2D eigenvalue weighted by Gasteiger charge is 2.26. The van der Waals surface area contributed by atoms with Gasteiger partial charge in [0.05, 0.1) is 12.6 Å². The van der Waals surface area contributed by atoms with Gasteiger partial charge in [0.2, 0.25) is 0 Å². The number of urea groups is 1. The van der Waals surface area contributed by atoms with Gasteiger partial charge >= 0.3 is 6.03 Å². The first kappa shape index (κ1) is 12.6. The number of hydrogen-bond donors (Lipinski definition) is 3. The van der Waals surface area contributed by atoms with Gasteiger partial charge in [0.15, 0.2) is 0 Å². The van der Waals surface area contributed by atoms with Gasteiger partial charge in [-0.15, -0.1) is 0 Å². The van der Waals surface area contributed by atoms with Crippen LogP contribution in [-0.2, 0) is 4.74 Å². The van der Waals surface area contributed by atoms with E-state index in [9.17, 15) is 4.79 Å². The van der Waals surface area contributed by atoms with E-state index in [4.69, 9.17) is 10.5 Å². The minimum atomic E-state index is -0.0640. The summed E-state index contributed by atoms with van der Waals surface area (Å²) in [6.45, 7) is 2.05. The summed E-state index contributed by atoms with van der Waals surface area (Å²) in [5.41, 5.74) is 5.74. The Morgan fingerprint density at radius 2 is 2.06 bits per heavy atom. The van der Waals surface area contributed by atoms with Gasteiger partial charge in [0, 0.05) is 12.6 Å². The van der Waals surface area contributed by atoms with E-state index in [0.717, 1.165) is 25.9 Å². The van der Waals surface area contributed by atoms with Crippen molar-refractivity contribution < 1.29 is 9.53 Å². The van der Waals surface area contributed by atoms with E-state index >= 15 is 0 Å². The number of nitrogens with two attached hydrogens (primary N) is 1. The number of nitrogens with one attached hydrogen (secondary N) is 2. The second kappa shape index (κ2) is 6.21. The fourth-order valence-electron chi connectivity index (χ4n) is 2.72. The summed E-state index contributed by atoms with van der Waals surface area (Å²) in [5.74, 6) is 0.439. The van der Waals surface area contributed by atoms with Gasteiger partial charge in [-0.2, -0.15) is 0 Å². The molecule has 1 aliphatic carbocycles. The van der Waals surface area contributed by atoms with Gasteiger partial charge in [-0.1, -0.05) is 12.8 Å². The molecule has 0 aromatic heterocycles. The summed E-state index contributed by atoms with van der Waals surface area (Å²) in [6, 6.07) is 0.358. The van der Waals surface area contributed by atoms with Crippen molar-refractivity contribution in [2.45, 2.75) is 44.2 Å². The molecule has 0 bridgehead atoms. The molecule has 3 atom stereocenters. The van der Waals surface area contributed by atoms with Crippen LogP contribution in [0.2, 0.25) is 0 Å². The van der Waals surface area contributed by atoms with Crippen molar-refractivity contribution in [2.24, 2.45) is 11.7 Å². The second-order valence-electron chi connectivity index (χ2n) is 5.07. The highest BCUT2D eigenvalue weighted by atomic mass is 16.5. The first-order valence-electron chi connectivity index (χ1n) is 6.64. The molecule has 0 spiro atoms. The van der Waals surface area contributed by atoms with E-state index < -0.39 is 0 Å². The maximum absolute atomic E-state index is 11.8. The van der Waals surface area contributed by atoms with Crippen molar-refractivity contribution in [2.75, 3.05) is 19.8 Å². The third kappa shape index (κ3) is 3.57. The molecular weight excluding hydrogens is 218 g/mol. The molecule has 1 saturated carbocycles. The number of carbonyl (C=O) groups is 1. The van der Waals surface area contributed by atoms with E-state index in [1.807, 2.05) is 0 Å². The maximum Gasteiger partial charge on any atom is 0.315 e. The molecule has 0 aromatic rings. The predicted octanol–water partition coefficient (Wildman–Crippen LogP) is 0.592. The van der Waals surface area contributed by atoms with Crippen LogP contribution in [0.5, 0.6) is 0 Å². The van der Waals surface area contributed by atoms with Crippen LogP contribution >= 0.6 is 0 Å². The number of carbonyl (C=O) groups excluding carboxylic acids is 1. The molecular formula is C12H23N3O2. The summed E-state index contributed by atoms with van der Waals surface area (Å²) in [6.07, 6.45) is 5.52. The van der Waals surface area contributed by atoms with E-state index in [-0.39, 0.29) is 18.1 Å². The Labute approximate surface area is 102 Å². The van der Waals surface area contributed by atoms with Crippen molar-refractivity contribution in [1.29, 1.82) is 0 Å². The van der Waals surface area contributed by atoms with Gasteiger partial charge in [0.25, 0.3) is 0 Å². The van der Waals surface area contributed by atoms with Crippen molar-refractivity contribution in [3.8, 4) is 0 Å². The van der Waals surface area contributed by atoms with Crippen LogP contribution in [0.3, 0.4) is 0 Å². The molecule has 0 radical (unpaired) electrons. The van der Waals surface area contributed by atoms with Crippen LogP contribution in [0.25, 0.3) is 0 Å². The fraction of sp³-hybridized carbons (Fsp3) is 0.917. The molecule has 17 heavy (non-hydrogen) atoms. The zero-order chi connectivity index (χ0) is 12.1. The SMILES string of the molecule is NCC1CCCCC1NC(=O)NC1CCOC1. The lowest BCUT2D eigenvalue weighted by Crippen LogP contribution is -2.50. The summed E-state index contributed by atoms with van der Waals surface area (Å²) >= 11 is 0. The number of amides is 2. The molecule has 0 aromatic carbocycles. The molecule has 1 saturated heterocycles. The first-order valence-corrected chi connectivity index (χ1v) is 6.64. The zero-order valence-corrected chi connectivity index (χ0v) is 10.3. The van der Waals surface area contributed by atoms with Gasteiger partial charge in [-0.05, 0) is 31.7 Å². The van der Waals surface area contributed by atoms with Crippen molar-refractivity contribution in [3.05, 3.63) is 0 Å². The van der Waals surface area contributed by atoms with Crippen LogP contribution in [-0.4, -0.2) is 37.9 Å². The standard InChI is InChI=1S/C12H23N3O2/c13-7-9-3-1-2-4-11(9)15-12(16)14-10-5-6-17-8-10/h9-11H,1-8,13H2,(H2,14,15,16). The van der Waals surface area contributed by atoms with Crippen LogP contribution in [0, 0.1) is 5.92 Å². The van der Waals surface area contributed by atoms with E-state index in [1.54, 1.807) is 0 Å². The largest absolute Gasteiger partial charge is 0.379 e. The lowest BCUT2D eigenvalue weighted by molar-refractivity contribution is 0.186. The Morgan fingerprint density at radius 1 is 1.24 bits per heavy atom. The van der Waals surface area contributed by atoms with Gasteiger partial charge < -0.3 is 21.1 Å². The first-order chi connectivity index (χ1) is 8.29. The molecule has 2 aliphatic rings. The number of hydrogen-bond acceptors (Lipinski definition) is 3. The number of rotatable bonds is 3. The molecule has 3 unspecified atom stereocenters.